The van der Waals surface area contributed by atoms with Gasteiger partial charge in [0.2, 0.25) is 12.0 Å². The number of benzene rings is 5. The molecule has 0 fully saturated rings. The summed E-state index contributed by atoms with van der Waals surface area (Å²) in [6.07, 6.45) is 1.99. The normalized spacial score (nSPS) is 15.8. The minimum atomic E-state index is -1.30. The van der Waals surface area contributed by atoms with Crippen molar-refractivity contribution in [3.05, 3.63) is 177 Å². The Hall–Kier alpha value is -7.20. The zero-order valence-electron chi connectivity index (χ0n) is 32.2. The quantitative estimate of drug-likeness (QED) is 0.117. The van der Waals surface area contributed by atoms with E-state index >= 15 is 0 Å². The van der Waals surface area contributed by atoms with E-state index in [4.69, 9.17) is 37.9 Å². The van der Waals surface area contributed by atoms with Gasteiger partial charge in [-0.1, -0.05) is 77.8 Å². The maximum Gasteiger partial charge on any atom is 0.326 e. The molecule has 3 atom stereocenters. The van der Waals surface area contributed by atoms with E-state index in [1.54, 1.807) is 84.9 Å². The summed E-state index contributed by atoms with van der Waals surface area (Å²) in [6.45, 7) is 0.255. The molecule has 3 unspecified atom stereocenters. The van der Waals surface area contributed by atoms with Crippen LogP contribution in [0.4, 0.5) is 5.69 Å². The Bertz CT molecular complexity index is 2690. The average molecular weight is 853 g/mol. The molecule has 6 aromatic rings. The van der Waals surface area contributed by atoms with Crippen LogP contribution in [0.15, 0.2) is 128 Å². The predicted octanol–water partition coefficient (Wildman–Crippen LogP) is 7.96. The minimum absolute atomic E-state index is 0.00415. The number of carbonyl (C=O) groups is 4. The van der Waals surface area contributed by atoms with Crippen LogP contribution in [0.25, 0.3) is 11.1 Å². The van der Waals surface area contributed by atoms with Gasteiger partial charge >= 0.3 is 5.97 Å². The van der Waals surface area contributed by atoms with Crippen LogP contribution < -0.4 is 20.1 Å². The van der Waals surface area contributed by atoms with Crippen molar-refractivity contribution in [2.24, 2.45) is 0 Å². The van der Waals surface area contributed by atoms with Gasteiger partial charge in [0.05, 0.1) is 32.9 Å². The van der Waals surface area contributed by atoms with Crippen LogP contribution in [0.2, 0.25) is 10.0 Å². The summed E-state index contributed by atoms with van der Waals surface area (Å²) in [5.41, 5.74) is 6.45. The summed E-state index contributed by atoms with van der Waals surface area (Å²) in [5.74, 6) is -1.79. The highest BCUT2D eigenvalue weighted by atomic mass is 35.5. The second-order valence-corrected chi connectivity index (χ2v) is 15.4. The van der Waals surface area contributed by atoms with E-state index in [0.29, 0.717) is 55.0 Å². The number of fused-ring (bicyclic) bond motifs is 2. The fourth-order valence-electron chi connectivity index (χ4n) is 7.32. The van der Waals surface area contributed by atoms with E-state index in [1.165, 1.54) is 17.3 Å². The highest BCUT2D eigenvalue weighted by Crippen LogP contribution is 2.40. The van der Waals surface area contributed by atoms with Gasteiger partial charge in [-0.3, -0.25) is 19.4 Å². The number of hydrogen-bond donors (Lipinski definition) is 3. The van der Waals surface area contributed by atoms with E-state index in [2.05, 4.69) is 21.7 Å². The molecule has 3 heterocycles. The Kier molecular flexibility index (Phi) is 11.7. The standard InChI is InChI=1S/C47H35Cl2N5O7/c48-37-16-7-29(18-38(37)49)26-60-36-14-12-32(13-15-36)43-45(56)52-39-20-34-21-41(54(25-35(34)22-42(39)61-43)46(57)33-2-1-17-51-24-33)44(55)53-40(47(58)59)19-27-3-8-30(9-4-27)31-10-5-28(23-50)6-11-31/h1-18,20,22,24,40-41,43H,19,21,25-26H2,(H,52,56)(H,53,55)(H,58,59). The van der Waals surface area contributed by atoms with Crippen molar-refractivity contribution in [3.63, 3.8) is 0 Å². The van der Waals surface area contributed by atoms with E-state index in [-0.39, 0.29) is 31.6 Å². The molecular weight excluding hydrogens is 817 g/mol. The number of hydrogen-bond acceptors (Lipinski definition) is 8. The molecule has 2 aliphatic heterocycles. The Morgan fingerprint density at radius 3 is 2.31 bits per heavy atom. The minimum Gasteiger partial charge on any atom is -0.489 e. The lowest BCUT2D eigenvalue weighted by atomic mass is 9.91. The second-order valence-electron chi connectivity index (χ2n) is 14.6. The van der Waals surface area contributed by atoms with Gasteiger partial charge in [0, 0.05) is 37.3 Å². The SMILES string of the molecule is N#Cc1ccc(-c2ccc(CC(NC(=O)C3Cc4cc5c(cc4CN3C(=O)c3cccnc3)OC(c3ccc(OCc4ccc(Cl)c(Cl)c4)cc3)C(=O)N5)C(=O)O)cc2)cc1. The number of pyridine rings is 1. The first-order valence-corrected chi connectivity index (χ1v) is 19.9. The van der Waals surface area contributed by atoms with Crippen molar-refractivity contribution in [2.75, 3.05) is 5.32 Å². The number of nitrogens with zero attached hydrogens (tertiary/aromatic N) is 3. The number of amides is 3. The van der Waals surface area contributed by atoms with Crippen molar-refractivity contribution in [2.45, 2.75) is 44.2 Å². The van der Waals surface area contributed by atoms with Gasteiger partial charge < -0.3 is 30.1 Å². The number of aliphatic carboxylic acids is 1. The van der Waals surface area contributed by atoms with Crippen molar-refractivity contribution < 1.29 is 33.8 Å². The van der Waals surface area contributed by atoms with Crippen LogP contribution in [0.3, 0.4) is 0 Å². The van der Waals surface area contributed by atoms with Crippen molar-refractivity contribution in [1.29, 1.82) is 5.26 Å². The van der Waals surface area contributed by atoms with Crippen LogP contribution >= 0.6 is 23.2 Å². The Balaban J connectivity index is 0.991. The molecule has 0 aliphatic carbocycles. The van der Waals surface area contributed by atoms with Gasteiger partial charge in [0.15, 0.2) is 0 Å². The molecule has 12 nitrogen and oxygen atoms in total. The summed E-state index contributed by atoms with van der Waals surface area (Å²) in [7, 11) is 0. The first-order valence-electron chi connectivity index (χ1n) is 19.2. The summed E-state index contributed by atoms with van der Waals surface area (Å²) < 4.78 is 12.2. The largest absolute Gasteiger partial charge is 0.489 e. The smallest absolute Gasteiger partial charge is 0.326 e. The van der Waals surface area contributed by atoms with Crippen LogP contribution in [0, 0.1) is 11.3 Å². The van der Waals surface area contributed by atoms with E-state index in [9.17, 15) is 24.3 Å². The molecule has 2 aliphatic rings. The summed E-state index contributed by atoms with van der Waals surface area (Å²) >= 11 is 12.1. The molecule has 3 N–H and O–H groups in total. The fraction of sp³-hybridized carbons (Fsp3) is 0.149. The Labute approximate surface area is 360 Å². The van der Waals surface area contributed by atoms with Crippen LogP contribution in [0.1, 0.15) is 49.8 Å². The van der Waals surface area contributed by atoms with Crippen LogP contribution in [-0.2, 0) is 40.4 Å². The second kappa shape index (κ2) is 17.6. The number of anilines is 1. The van der Waals surface area contributed by atoms with Crippen molar-refractivity contribution in [3.8, 4) is 28.7 Å². The molecule has 61 heavy (non-hydrogen) atoms. The van der Waals surface area contributed by atoms with E-state index in [0.717, 1.165) is 16.7 Å². The van der Waals surface area contributed by atoms with Gasteiger partial charge in [0.25, 0.3) is 11.8 Å². The maximum atomic E-state index is 14.1. The number of carboxylic acid groups (broad SMARTS) is 1. The predicted molar refractivity (Wildman–Crippen MR) is 227 cm³/mol. The van der Waals surface area contributed by atoms with Gasteiger partial charge in [-0.25, -0.2) is 4.79 Å². The third kappa shape index (κ3) is 9.04. The number of carbonyl (C=O) groups excluding carboxylic acids is 3. The number of carboxylic acids is 1. The highest BCUT2D eigenvalue weighted by Gasteiger charge is 2.39. The Morgan fingerprint density at radius 2 is 1.64 bits per heavy atom. The molecule has 0 saturated carbocycles. The summed E-state index contributed by atoms with van der Waals surface area (Å²) in [6, 6.07) is 33.0. The number of rotatable bonds is 11. The van der Waals surface area contributed by atoms with Crippen LogP contribution in [0.5, 0.6) is 11.5 Å². The monoisotopic (exact) mass is 851 g/mol. The van der Waals surface area contributed by atoms with Crippen LogP contribution in [-0.4, -0.2) is 50.8 Å². The topological polar surface area (TPSA) is 171 Å². The summed E-state index contributed by atoms with van der Waals surface area (Å²) in [4.78, 5) is 59.6. The molecule has 5 aromatic carbocycles. The van der Waals surface area contributed by atoms with Gasteiger partial charge in [0.1, 0.15) is 30.2 Å². The molecule has 3 amide bonds. The van der Waals surface area contributed by atoms with E-state index < -0.39 is 41.9 Å². The molecule has 0 bridgehead atoms. The lowest BCUT2D eigenvalue weighted by molar-refractivity contribution is -0.142. The van der Waals surface area contributed by atoms with Gasteiger partial charge in [-0.2, -0.15) is 5.26 Å². The molecule has 1 aromatic heterocycles. The lowest BCUT2D eigenvalue weighted by Crippen LogP contribution is -2.56. The van der Waals surface area contributed by atoms with Gasteiger partial charge in [-0.05, 0) is 94.0 Å². The zero-order valence-corrected chi connectivity index (χ0v) is 33.7. The first kappa shape index (κ1) is 40.6. The maximum absolute atomic E-state index is 14.1. The molecule has 0 spiro atoms. The molecular formula is C47H35Cl2N5O7. The fourth-order valence-corrected chi connectivity index (χ4v) is 7.64. The van der Waals surface area contributed by atoms with Crippen molar-refractivity contribution in [1.82, 2.24) is 15.2 Å². The number of ether oxygens (including phenoxy) is 2. The lowest BCUT2D eigenvalue weighted by Gasteiger charge is -2.37. The molecule has 0 radical (unpaired) electrons. The first-order chi connectivity index (χ1) is 29.5. The summed E-state index contributed by atoms with van der Waals surface area (Å²) in [5, 5.41) is 25.8. The number of halogens is 2. The van der Waals surface area contributed by atoms with E-state index in [1.807, 2.05) is 30.3 Å². The number of nitrogens with one attached hydrogen (secondary N) is 2. The average Bonchev–Trinajstić information content (AvgIpc) is 3.28. The molecule has 304 valence electrons. The zero-order chi connectivity index (χ0) is 42.6. The third-order valence-corrected chi connectivity index (χ3v) is 11.3. The van der Waals surface area contributed by atoms with Gasteiger partial charge in [-0.15, -0.1) is 0 Å². The third-order valence-electron chi connectivity index (χ3n) is 10.6. The molecule has 8 rings (SSSR count). The van der Waals surface area contributed by atoms with Crippen molar-refractivity contribution >= 4 is 52.6 Å². The number of nitriles is 1. The highest BCUT2D eigenvalue weighted by molar-refractivity contribution is 6.42. The molecule has 14 heteroatoms. The molecule has 0 saturated heterocycles. The Morgan fingerprint density at radius 1 is 0.918 bits per heavy atom. The number of aromatic nitrogens is 1.